The second-order valence-corrected chi connectivity index (χ2v) is 7.07. The molecule has 4 nitrogen and oxygen atoms in total. The van der Waals surface area contributed by atoms with Crippen molar-refractivity contribution in [2.45, 2.75) is 24.6 Å². The molecule has 0 spiro atoms. The fourth-order valence-electron chi connectivity index (χ4n) is 2.13. The van der Waals surface area contributed by atoms with Crippen LogP contribution in [0.4, 0.5) is 0 Å². The molecule has 1 rings (SSSR count). The highest BCUT2D eigenvalue weighted by molar-refractivity contribution is 7.92. The first kappa shape index (κ1) is 16.1. The summed E-state index contributed by atoms with van der Waals surface area (Å²) in [6, 6.07) is 9.47. The molecule has 0 aliphatic carbocycles. The molecule has 0 fully saturated rings. The SMILES string of the molecule is CNC(c1ccccc1)C(C)S(=O)(=O)CCCOC. The molecule has 5 heteroatoms. The molecule has 0 bridgehead atoms. The molecule has 1 aromatic carbocycles. The Morgan fingerprint density at radius 2 is 1.89 bits per heavy atom. The predicted octanol–water partition coefficient (Wildman–Crippen LogP) is 1.79. The Labute approximate surface area is 116 Å². The third-order valence-corrected chi connectivity index (χ3v) is 5.55. The topological polar surface area (TPSA) is 55.4 Å². The first-order valence-electron chi connectivity index (χ1n) is 6.45. The maximum atomic E-state index is 12.3. The van der Waals surface area contributed by atoms with Crippen LogP contribution in [-0.4, -0.2) is 40.2 Å². The van der Waals surface area contributed by atoms with E-state index in [1.807, 2.05) is 30.3 Å². The summed E-state index contributed by atoms with van der Waals surface area (Å²) in [5.74, 6) is 0.160. The van der Waals surface area contributed by atoms with Gasteiger partial charge >= 0.3 is 0 Å². The summed E-state index contributed by atoms with van der Waals surface area (Å²) in [6.45, 7) is 2.23. The van der Waals surface area contributed by atoms with E-state index < -0.39 is 15.1 Å². The normalized spacial score (nSPS) is 15.1. The van der Waals surface area contributed by atoms with E-state index >= 15 is 0 Å². The van der Waals surface area contributed by atoms with Gasteiger partial charge in [-0.25, -0.2) is 8.42 Å². The van der Waals surface area contributed by atoms with Gasteiger partial charge in [-0.1, -0.05) is 30.3 Å². The number of methoxy groups -OCH3 is 1. The minimum absolute atomic E-state index is 0.160. The summed E-state index contributed by atoms with van der Waals surface area (Å²) in [5, 5.41) is 2.64. The lowest BCUT2D eigenvalue weighted by Gasteiger charge is -2.24. The Morgan fingerprint density at radius 1 is 1.26 bits per heavy atom. The van der Waals surface area contributed by atoms with Crippen molar-refractivity contribution in [1.82, 2.24) is 5.32 Å². The lowest BCUT2D eigenvalue weighted by molar-refractivity contribution is 0.199. The molecular formula is C14H23NO3S. The van der Waals surface area contributed by atoms with Crippen LogP contribution < -0.4 is 5.32 Å². The zero-order valence-electron chi connectivity index (χ0n) is 11.8. The highest BCUT2D eigenvalue weighted by atomic mass is 32.2. The molecule has 0 radical (unpaired) electrons. The summed E-state index contributed by atoms with van der Waals surface area (Å²) in [7, 11) is 0.236. The minimum atomic E-state index is -3.13. The largest absolute Gasteiger partial charge is 0.385 e. The van der Waals surface area contributed by atoms with Crippen molar-refractivity contribution in [1.29, 1.82) is 0 Å². The number of hydrogen-bond acceptors (Lipinski definition) is 4. The van der Waals surface area contributed by atoms with Crippen LogP contribution in [0.2, 0.25) is 0 Å². The van der Waals surface area contributed by atoms with E-state index in [4.69, 9.17) is 4.74 Å². The molecule has 1 aromatic rings. The van der Waals surface area contributed by atoms with Crippen LogP contribution in [0.25, 0.3) is 0 Å². The van der Waals surface area contributed by atoms with Crippen molar-refractivity contribution >= 4 is 9.84 Å². The molecule has 19 heavy (non-hydrogen) atoms. The van der Waals surface area contributed by atoms with Gasteiger partial charge in [0.15, 0.2) is 9.84 Å². The van der Waals surface area contributed by atoms with Crippen LogP contribution in [0.15, 0.2) is 30.3 Å². The minimum Gasteiger partial charge on any atom is -0.385 e. The number of ether oxygens (including phenoxy) is 1. The maximum Gasteiger partial charge on any atom is 0.154 e. The van der Waals surface area contributed by atoms with Gasteiger partial charge in [-0.2, -0.15) is 0 Å². The Balaban J connectivity index is 2.81. The lowest BCUT2D eigenvalue weighted by atomic mass is 10.0. The summed E-state index contributed by atoms with van der Waals surface area (Å²) in [5.41, 5.74) is 0.993. The van der Waals surface area contributed by atoms with Crippen molar-refractivity contribution in [2.24, 2.45) is 0 Å². The van der Waals surface area contributed by atoms with E-state index in [1.54, 1.807) is 21.1 Å². The molecule has 0 aliphatic rings. The Morgan fingerprint density at radius 3 is 2.42 bits per heavy atom. The molecule has 1 N–H and O–H groups in total. The standard InChI is InChI=1S/C14H23NO3S/c1-12(19(16,17)11-7-10-18-3)14(15-2)13-8-5-4-6-9-13/h4-6,8-9,12,14-15H,7,10-11H2,1-3H3. The maximum absolute atomic E-state index is 12.3. The molecule has 2 unspecified atom stereocenters. The zero-order chi connectivity index (χ0) is 14.3. The van der Waals surface area contributed by atoms with Gasteiger partial charge in [-0.05, 0) is 26.0 Å². The summed E-state index contributed by atoms with van der Waals surface area (Å²) >= 11 is 0. The van der Waals surface area contributed by atoms with Crippen LogP contribution in [0, 0.1) is 0 Å². The van der Waals surface area contributed by atoms with Crippen molar-refractivity contribution in [3.63, 3.8) is 0 Å². The molecule has 0 amide bonds. The van der Waals surface area contributed by atoms with Gasteiger partial charge in [0.25, 0.3) is 0 Å². The van der Waals surface area contributed by atoms with Crippen LogP contribution in [0.3, 0.4) is 0 Å². The van der Waals surface area contributed by atoms with Gasteiger partial charge in [-0.15, -0.1) is 0 Å². The zero-order valence-corrected chi connectivity index (χ0v) is 12.6. The van der Waals surface area contributed by atoms with Crippen molar-refractivity contribution in [3.8, 4) is 0 Å². The number of nitrogens with one attached hydrogen (secondary N) is 1. The fraction of sp³-hybridized carbons (Fsp3) is 0.571. The molecule has 0 saturated carbocycles. The highest BCUT2D eigenvalue weighted by Gasteiger charge is 2.28. The first-order valence-corrected chi connectivity index (χ1v) is 8.17. The quantitative estimate of drug-likeness (QED) is 0.740. The van der Waals surface area contributed by atoms with Gasteiger partial charge in [-0.3, -0.25) is 0 Å². The van der Waals surface area contributed by atoms with Crippen LogP contribution in [0.1, 0.15) is 24.9 Å². The summed E-state index contributed by atoms with van der Waals surface area (Å²) in [4.78, 5) is 0. The average molecular weight is 285 g/mol. The van der Waals surface area contributed by atoms with Gasteiger partial charge in [0, 0.05) is 19.8 Å². The van der Waals surface area contributed by atoms with E-state index in [-0.39, 0.29) is 11.8 Å². The smallest absolute Gasteiger partial charge is 0.154 e. The van der Waals surface area contributed by atoms with Gasteiger partial charge in [0.1, 0.15) is 0 Å². The van der Waals surface area contributed by atoms with E-state index in [1.165, 1.54) is 0 Å². The second kappa shape index (κ2) is 7.62. The van der Waals surface area contributed by atoms with E-state index in [0.29, 0.717) is 13.0 Å². The summed E-state index contributed by atoms with van der Waals surface area (Å²) in [6.07, 6.45) is 0.536. The lowest BCUT2D eigenvalue weighted by Crippen LogP contribution is -2.35. The Kier molecular flexibility index (Phi) is 6.48. The van der Waals surface area contributed by atoms with Gasteiger partial charge in [0.2, 0.25) is 0 Å². The Bertz CT molecular complexity index is 459. The number of rotatable bonds is 8. The van der Waals surface area contributed by atoms with Crippen molar-refractivity contribution < 1.29 is 13.2 Å². The monoisotopic (exact) mass is 285 g/mol. The van der Waals surface area contributed by atoms with E-state index in [2.05, 4.69) is 5.32 Å². The number of hydrogen-bond donors (Lipinski definition) is 1. The molecule has 0 heterocycles. The van der Waals surface area contributed by atoms with Crippen LogP contribution in [0.5, 0.6) is 0 Å². The van der Waals surface area contributed by atoms with Crippen molar-refractivity contribution in [3.05, 3.63) is 35.9 Å². The van der Waals surface area contributed by atoms with Crippen LogP contribution >= 0.6 is 0 Å². The molecule has 0 aromatic heterocycles. The number of benzene rings is 1. The molecule has 2 atom stereocenters. The predicted molar refractivity (Wildman–Crippen MR) is 78.0 cm³/mol. The number of sulfone groups is 1. The van der Waals surface area contributed by atoms with Gasteiger partial charge in [0.05, 0.1) is 11.0 Å². The van der Waals surface area contributed by atoms with E-state index in [0.717, 1.165) is 5.56 Å². The molecule has 0 aliphatic heterocycles. The first-order chi connectivity index (χ1) is 9.03. The third kappa shape index (κ3) is 4.60. The second-order valence-electron chi connectivity index (χ2n) is 4.60. The molecule has 0 saturated heterocycles. The average Bonchev–Trinajstić information content (AvgIpc) is 2.41. The fourth-order valence-corrected chi connectivity index (χ4v) is 3.73. The summed E-state index contributed by atoms with van der Waals surface area (Å²) < 4.78 is 29.5. The third-order valence-electron chi connectivity index (χ3n) is 3.28. The highest BCUT2D eigenvalue weighted by Crippen LogP contribution is 2.22. The molecular weight excluding hydrogens is 262 g/mol. The van der Waals surface area contributed by atoms with Crippen LogP contribution in [-0.2, 0) is 14.6 Å². The Hall–Kier alpha value is -0.910. The van der Waals surface area contributed by atoms with Crippen molar-refractivity contribution in [2.75, 3.05) is 26.5 Å². The van der Waals surface area contributed by atoms with E-state index in [9.17, 15) is 8.42 Å². The van der Waals surface area contributed by atoms with Gasteiger partial charge < -0.3 is 10.1 Å². The molecule has 108 valence electrons.